The van der Waals surface area contributed by atoms with Crippen LogP contribution in [0.5, 0.6) is 0 Å². The molecule has 0 unspecified atom stereocenters. The van der Waals surface area contributed by atoms with E-state index in [1.165, 1.54) is 12.1 Å². The van der Waals surface area contributed by atoms with Crippen molar-refractivity contribution in [2.24, 2.45) is 10.7 Å². The molecule has 3 aromatic rings. The largest absolute Gasteiger partial charge is 0.366 e. The number of primary amides is 1. The normalized spacial score (nSPS) is 13.9. The van der Waals surface area contributed by atoms with Crippen molar-refractivity contribution >= 4 is 17.4 Å². The molecule has 0 atom stereocenters. The maximum absolute atomic E-state index is 13.4. The number of hydrogen-bond acceptors (Lipinski definition) is 4. The van der Waals surface area contributed by atoms with Gasteiger partial charge >= 0.3 is 0 Å². The van der Waals surface area contributed by atoms with Crippen molar-refractivity contribution in [3.63, 3.8) is 0 Å². The van der Waals surface area contributed by atoms with E-state index in [0.717, 1.165) is 28.1 Å². The van der Waals surface area contributed by atoms with Crippen molar-refractivity contribution < 1.29 is 9.18 Å². The molecule has 31 heavy (non-hydrogen) atoms. The summed E-state index contributed by atoms with van der Waals surface area (Å²) in [6, 6.07) is 14.2. The van der Waals surface area contributed by atoms with E-state index in [9.17, 15) is 9.18 Å². The van der Waals surface area contributed by atoms with Crippen LogP contribution in [0, 0.1) is 19.7 Å². The van der Waals surface area contributed by atoms with Gasteiger partial charge in [-0.2, -0.15) is 5.10 Å². The highest BCUT2D eigenvalue weighted by atomic mass is 19.1. The summed E-state index contributed by atoms with van der Waals surface area (Å²) in [5.74, 6) is 0.281. The second-order valence-corrected chi connectivity index (χ2v) is 7.79. The Bertz CT molecular complexity index is 1220. The maximum Gasteiger partial charge on any atom is 0.248 e. The Labute approximate surface area is 180 Å². The fraction of sp³-hybridized carbons (Fsp3) is 0.208. The number of halogens is 1. The number of benzene rings is 2. The highest BCUT2D eigenvalue weighted by molar-refractivity contribution is 5.97. The van der Waals surface area contributed by atoms with Crippen LogP contribution in [0.2, 0.25) is 0 Å². The molecule has 1 aromatic heterocycles. The van der Waals surface area contributed by atoms with Gasteiger partial charge in [0.25, 0.3) is 0 Å². The van der Waals surface area contributed by atoms with Crippen LogP contribution in [0.3, 0.4) is 0 Å². The summed E-state index contributed by atoms with van der Waals surface area (Å²) < 4.78 is 15.2. The molecule has 1 aliphatic heterocycles. The van der Waals surface area contributed by atoms with E-state index in [-0.39, 0.29) is 5.82 Å². The Balaban J connectivity index is 1.87. The molecule has 0 fully saturated rings. The highest BCUT2D eigenvalue weighted by Crippen LogP contribution is 2.29. The third-order valence-electron chi connectivity index (χ3n) is 5.31. The predicted molar refractivity (Wildman–Crippen MR) is 121 cm³/mol. The van der Waals surface area contributed by atoms with Gasteiger partial charge in [0.15, 0.2) is 0 Å². The Morgan fingerprint density at radius 1 is 1.06 bits per heavy atom. The zero-order valence-corrected chi connectivity index (χ0v) is 17.7. The van der Waals surface area contributed by atoms with Crippen molar-refractivity contribution in [2.75, 3.05) is 5.32 Å². The maximum atomic E-state index is 13.4. The zero-order valence-electron chi connectivity index (χ0n) is 17.7. The van der Waals surface area contributed by atoms with Crippen LogP contribution in [0.1, 0.15) is 30.9 Å². The van der Waals surface area contributed by atoms with Gasteiger partial charge in [-0.05, 0) is 75.1 Å². The van der Waals surface area contributed by atoms with Crippen LogP contribution in [-0.4, -0.2) is 21.4 Å². The Kier molecular flexibility index (Phi) is 5.42. The molecule has 2 aromatic carbocycles. The molecule has 2 heterocycles. The molecule has 158 valence electrons. The minimum Gasteiger partial charge on any atom is -0.366 e. The summed E-state index contributed by atoms with van der Waals surface area (Å²) >= 11 is 0. The van der Waals surface area contributed by atoms with Gasteiger partial charge in [0, 0.05) is 17.3 Å². The average molecular weight is 417 g/mol. The first-order chi connectivity index (χ1) is 14.8. The third kappa shape index (κ3) is 4.26. The molecular weight excluding hydrogens is 393 g/mol. The molecule has 7 heteroatoms. The summed E-state index contributed by atoms with van der Waals surface area (Å²) in [5.41, 5.74) is 11.4. The lowest BCUT2D eigenvalue weighted by Gasteiger charge is -2.18. The fourth-order valence-corrected chi connectivity index (χ4v) is 3.57. The Morgan fingerprint density at radius 2 is 1.81 bits per heavy atom. The molecule has 3 N–H and O–H groups in total. The molecule has 0 bridgehead atoms. The smallest absolute Gasteiger partial charge is 0.248 e. The second kappa shape index (κ2) is 8.18. The van der Waals surface area contributed by atoms with E-state index in [4.69, 9.17) is 10.8 Å². The fourth-order valence-electron chi connectivity index (χ4n) is 3.57. The van der Waals surface area contributed by atoms with Gasteiger partial charge in [0.05, 0.1) is 17.0 Å². The number of anilines is 1. The summed E-state index contributed by atoms with van der Waals surface area (Å²) in [4.78, 5) is 16.5. The highest BCUT2D eigenvalue weighted by Gasteiger charge is 2.20. The monoisotopic (exact) mass is 417 g/mol. The molecular formula is C24H24FN5O. The molecule has 4 rings (SSSR count). The van der Waals surface area contributed by atoms with Crippen LogP contribution in [-0.2, 0) is 4.79 Å². The topological polar surface area (TPSA) is 85.3 Å². The number of amides is 1. The van der Waals surface area contributed by atoms with E-state index in [0.29, 0.717) is 35.7 Å². The lowest BCUT2D eigenvalue weighted by Crippen LogP contribution is -2.22. The number of nitrogens with two attached hydrogens (primary N) is 1. The number of nitrogens with one attached hydrogen (secondary N) is 1. The van der Waals surface area contributed by atoms with Crippen molar-refractivity contribution in [2.45, 2.75) is 33.6 Å². The van der Waals surface area contributed by atoms with Crippen molar-refractivity contribution in [3.8, 4) is 16.9 Å². The lowest BCUT2D eigenvalue weighted by molar-refractivity contribution is -0.114. The lowest BCUT2D eigenvalue weighted by atomic mass is 10.0. The molecule has 6 nitrogen and oxygen atoms in total. The van der Waals surface area contributed by atoms with Crippen molar-refractivity contribution in [3.05, 3.63) is 76.9 Å². The van der Waals surface area contributed by atoms with E-state index in [2.05, 4.69) is 10.3 Å². The van der Waals surface area contributed by atoms with E-state index in [1.54, 1.807) is 16.8 Å². The first-order valence-electron chi connectivity index (χ1n) is 10.1. The molecule has 0 radical (unpaired) electrons. The van der Waals surface area contributed by atoms with E-state index >= 15 is 0 Å². The number of aromatic nitrogens is 2. The molecule has 0 saturated carbocycles. The SMILES string of the molecule is CC1=NC(Nc2cc(-c3ccc(F)cc3)nn2-c2cc(C)ccc2C)=C(C(N)=O)CC1. The summed E-state index contributed by atoms with van der Waals surface area (Å²) in [6.07, 6.45) is 1.23. The summed E-state index contributed by atoms with van der Waals surface area (Å²) in [6.45, 7) is 5.95. The van der Waals surface area contributed by atoms with Gasteiger partial charge in [-0.15, -0.1) is 0 Å². The number of rotatable bonds is 5. The number of aryl methyl sites for hydroxylation is 2. The zero-order chi connectivity index (χ0) is 22.1. The first-order valence-corrected chi connectivity index (χ1v) is 10.1. The van der Waals surface area contributed by atoms with Gasteiger partial charge in [-0.3, -0.25) is 4.79 Å². The molecule has 0 spiro atoms. The predicted octanol–water partition coefficient (Wildman–Crippen LogP) is 4.66. The minimum absolute atomic E-state index is 0.306. The van der Waals surface area contributed by atoms with Crippen molar-refractivity contribution in [1.82, 2.24) is 9.78 Å². The summed E-state index contributed by atoms with van der Waals surface area (Å²) in [5, 5.41) is 8.06. The van der Waals surface area contributed by atoms with Gasteiger partial charge in [-0.1, -0.05) is 12.1 Å². The molecule has 0 aliphatic carbocycles. The van der Waals surface area contributed by atoms with Crippen LogP contribution in [0.15, 0.2) is 64.9 Å². The van der Waals surface area contributed by atoms with Gasteiger partial charge < -0.3 is 11.1 Å². The average Bonchev–Trinajstić information content (AvgIpc) is 3.13. The minimum atomic E-state index is -0.490. The number of aliphatic imine (C=N–C) groups is 1. The van der Waals surface area contributed by atoms with E-state index < -0.39 is 5.91 Å². The Hall–Kier alpha value is -3.74. The quantitative estimate of drug-likeness (QED) is 0.633. The van der Waals surface area contributed by atoms with Crippen molar-refractivity contribution in [1.29, 1.82) is 0 Å². The molecule has 1 amide bonds. The van der Waals surface area contributed by atoms with Gasteiger partial charge in [0.1, 0.15) is 17.5 Å². The summed E-state index contributed by atoms with van der Waals surface area (Å²) in [7, 11) is 0. The standard InChI is InChI=1S/C24H24FN5O/c1-14-4-5-15(2)21(12-14)30-22(13-20(29-30)17-7-9-18(25)10-8-17)28-24-19(23(26)31)11-6-16(3)27-24/h4-5,7-10,12-13,28H,6,11H2,1-3H3,(H2,26,31). The second-order valence-electron chi connectivity index (χ2n) is 7.79. The number of carbonyl (C=O) groups is 1. The first kappa shape index (κ1) is 20.5. The number of nitrogens with zero attached hydrogens (tertiary/aromatic N) is 3. The number of carbonyl (C=O) groups excluding carboxylic acids is 1. The Morgan fingerprint density at radius 3 is 2.52 bits per heavy atom. The van der Waals surface area contributed by atoms with Crippen LogP contribution < -0.4 is 11.1 Å². The molecule has 1 aliphatic rings. The van der Waals surface area contributed by atoms with Crippen LogP contribution in [0.4, 0.5) is 10.2 Å². The van der Waals surface area contributed by atoms with Crippen LogP contribution in [0.25, 0.3) is 16.9 Å². The van der Waals surface area contributed by atoms with Gasteiger partial charge in [-0.25, -0.2) is 14.1 Å². The third-order valence-corrected chi connectivity index (χ3v) is 5.31. The molecule has 0 saturated heterocycles. The van der Waals surface area contributed by atoms with Crippen LogP contribution >= 0.6 is 0 Å². The van der Waals surface area contributed by atoms with Gasteiger partial charge in [0.2, 0.25) is 5.91 Å². The van der Waals surface area contributed by atoms with E-state index in [1.807, 2.05) is 45.0 Å². The number of hydrogen-bond donors (Lipinski definition) is 2.